The Morgan fingerprint density at radius 3 is 3.20 bits per heavy atom. The van der Waals surface area contributed by atoms with Crippen LogP contribution in [-0.4, -0.2) is 14.3 Å². The van der Waals surface area contributed by atoms with E-state index in [9.17, 15) is 0 Å². The van der Waals surface area contributed by atoms with Gasteiger partial charge in [0, 0.05) is 18.3 Å². The van der Waals surface area contributed by atoms with Crippen LogP contribution in [0.15, 0.2) is 12.5 Å². The molecule has 0 saturated heterocycles. The second kappa shape index (κ2) is 2.21. The van der Waals surface area contributed by atoms with E-state index in [-0.39, 0.29) is 0 Å². The third-order valence-electron chi connectivity index (χ3n) is 1.57. The van der Waals surface area contributed by atoms with Crippen LogP contribution in [0, 0.1) is 0 Å². The van der Waals surface area contributed by atoms with Gasteiger partial charge >= 0.3 is 0 Å². The van der Waals surface area contributed by atoms with Crippen LogP contribution in [0.5, 0.6) is 0 Å². The van der Waals surface area contributed by atoms with E-state index >= 15 is 0 Å². The van der Waals surface area contributed by atoms with Gasteiger partial charge in [-0.05, 0) is 0 Å². The maximum Gasteiger partial charge on any atom is 0.115 e. The minimum absolute atomic E-state index is 0.834. The molecule has 3 nitrogen and oxygen atoms in total. The van der Waals surface area contributed by atoms with Crippen molar-refractivity contribution >= 4 is 12.8 Å². The molecule has 10 heavy (non-hydrogen) atoms. The van der Waals surface area contributed by atoms with Crippen LogP contribution in [0.3, 0.4) is 0 Å². The van der Waals surface area contributed by atoms with Crippen LogP contribution in [0.4, 0.5) is 0 Å². The van der Waals surface area contributed by atoms with E-state index in [0.717, 1.165) is 18.8 Å². The van der Waals surface area contributed by atoms with E-state index in [4.69, 9.17) is 0 Å². The first-order valence-corrected chi connectivity index (χ1v) is 3.48. The summed E-state index contributed by atoms with van der Waals surface area (Å²) in [5.74, 6) is 0. The zero-order valence-corrected chi connectivity index (χ0v) is 6.25. The second-order valence-corrected chi connectivity index (χ2v) is 2.88. The molecule has 0 saturated carbocycles. The Hall–Kier alpha value is -0.610. The van der Waals surface area contributed by atoms with Crippen molar-refractivity contribution in [2.75, 3.05) is 0 Å². The summed E-state index contributed by atoms with van der Waals surface area (Å²) in [6.45, 7) is 1.69. The smallest absolute Gasteiger partial charge is 0.115 e. The van der Waals surface area contributed by atoms with Crippen molar-refractivity contribution in [3.05, 3.63) is 23.8 Å². The zero-order chi connectivity index (χ0) is 6.97. The molecule has 1 aliphatic rings. The maximum atomic E-state index is 4.20. The number of hydrogen-bond donors (Lipinski definition) is 1. The largest absolute Gasteiger partial charge is 0.244 e. The summed E-state index contributed by atoms with van der Waals surface area (Å²) >= 11 is 4.20. The minimum Gasteiger partial charge on any atom is -0.244 e. The summed E-state index contributed by atoms with van der Waals surface area (Å²) in [5.41, 5.74) is 2.29. The maximum absolute atomic E-state index is 4.20. The molecule has 52 valence electrons. The first kappa shape index (κ1) is 6.12. The van der Waals surface area contributed by atoms with Crippen LogP contribution in [0.1, 0.15) is 11.3 Å². The first-order valence-electron chi connectivity index (χ1n) is 3.08. The Kier molecular flexibility index (Phi) is 1.35. The molecular formula is C6H7N3S. The fourth-order valence-corrected chi connectivity index (χ4v) is 1.37. The first-order chi connectivity index (χ1) is 4.86. The molecule has 0 aliphatic carbocycles. The van der Waals surface area contributed by atoms with Crippen molar-refractivity contribution in [2.45, 2.75) is 13.1 Å². The van der Waals surface area contributed by atoms with Crippen molar-refractivity contribution < 1.29 is 0 Å². The van der Waals surface area contributed by atoms with Gasteiger partial charge in [-0.25, -0.2) is 14.3 Å². The Labute approximate surface area is 64.6 Å². The molecule has 1 aromatic rings. The Bertz CT molecular complexity index is 226. The van der Waals surface area contributed by atoms with Crippen LogP contribution in [-0.2, 0) is 13.1 Å². The summed E-state index contributed by atoms with van der Waals surface area (Å²) < 4.78 is 1.92. The monoisotopic (exact) mass is 153 g/mol. The molecule has 4 heteroatoms. The van der Waals surface area contributed by atoms with Gasteiger partial charge in [0.15, 0.2) is 0 Å². The summed E-state index contributed by atoms with van der Waals surface area (Å²) in [7, 11) is 0. The van der Waals surface area contributed by atoms with E-state index < -0.39 is 0 Å². The predicted molar refractivity (Wildman–Crippen MR) is 40.3 cm³/mol. The molecule has 0 amide bonds. The lowest BCUT2D eigenvalue weighted by Gasteiger charge is -1.99. The average molecular weight is 153 g/mol. The van der Waals surface area contributed by atoms with Gasteiger partial charge in [0.1, 0.15) is 6.33 Å². The van der Waals surface area contributed by atoms with Crippen molar-refractivity contribution in [1.29, 1.82) is 0 Å². The predicted octanol–water partition coefficient (Wildman–Crippen LogP) is 0.637. The number of hydrogen-bond acceptors (Lipinski definition) is 4. The van der Waals surface area contributed by atoms with E-state index in [0.29, 0.717) is 0 Å². The Morgan fingerprint density at radius 1 is 1.50 bits per heavy atom. The van der Waals surface area contributed by atoms with Crippen molar-refractivity contribution in [2.24, 2.45) is 0 Å². The molecule has 0 spiro atoms. The van der Waals surface area contributed by atoms with E-state index in [1.54, 1.807) is 6.33 Å². The molecule has 1 aromatic heterocycles. The molecule has 0 unspecified atom stereocenters. The highest BCUT2D eigenvalue weighted by atomic mass is 32.1. The van der Waals surface area contributed by atoms with E-state index in [1.807, 2.05) is 10.5 Å². The highest BCUT2D eigenvalue weighted by Gasteiger charge is 2.16. The number of fused-ring (bicyclic) bond motifs is 1. The molecule has 1 aliphatic heterocycles. The molecule has 2 heterocycles. The quantitative estimate of drug-likeness (QED) is 0.554. The van der Waals surface area contributed by atoms with Gasteiger partial charge in [-0.2, -0.15) is 0 Å². The molecule has 0 atom stereocenters. The number of nitrogens with zero attached hydrogens (tertiary/aromatic N) is 3. The Morgan fingerprint density at radius 2 is 2.40 bits per heavy atom. The van der Waals surface area contributed by atoms with Gasteiger partial charge in [0.05, 0.1) is 12.2 Å². The summed E-state index contributed by atoms with van der Waals surface area (Å²) in [5, 5.41) is 0. The zero-order valence-electron chi connectivity index (χ0n) is 5.36. The van der Waals surface area contributed by atoms with Crippen molar-refractivity contribution in [1.82, 2.24) is 14.3 Å². The standard InChI is InChI=1S/C6H7N3S/c10-9-2-5-1-7-4-8-6(5)3-9/h1,4,10H,2-3H2. The summed E-state index contributed by atoms with van der Waals surface area (Å²) in [4.78, 5) is 8.03. The van der Waals surface area contributed by atoms with Crippen LogP contribution >= 0.6 is 12.8 Å². The van der Waals surface area contributed by atoms with E-state index in [1.165, 1.54) is 5.56 Å². The average Bonchev–Trinajstić information content (AvgIpc) is 2.27. The minimum atomic E-state index is 0.834. The highest BCUT2D eigenvalue weighted by molar-refractivity contribution is 7.77. The van der Waals surface area contributed by atoms with Gasteiger partial charge in [0.25, 0.3) is 0 Å². The molecule has 0 radical (unpaired) electrons. The molecule has 0 aromatic carbocycles. The molecule has 0 N–H and O–H groups in total. The fourth-order valence-electron chi connectivity index (χ4n) is 1.08. The van der Waals surface area contributed by atoms with Crippen molar-refractivity contribution in [3.8, 4) is 0 Å². The number of rotatable bonds is 0. The molecule has 2 rings (SSSR count). The van der Waals surface area contributed by atoms with E-state index in [2.05, 4.69) is 22.8 Å². The SMILES string of the molecule is SN1Cc2cncnc2C1. The lowest BCUT2D eigenvalue weighted by molar-refractivity contribution is 0.513. The third kappa shape index (κ3) is 0.892. The van der Waals surface area contributed by atoms with Crippen LogP contribution < -0.4 is 0 Å². The van der Waals surface area contributed by atoms with Gasteiger partial charge in [0.2, 0.25) is 0 Å². The van der Waals surface area contributed by atoms with Crippen LogP contribution in [0.2, 0.25) is 0 Å². The van der Waals surface area contributed by atoms with Gasteiger partial charge in [-0.3, -0.25) is 0 Å². The lowest BCUT2D eigenvalue weighted by Crippen LogP contribution is -1.99. The lowest BCUT2D eigenvalue weighted by atomic mass is 10.3. The topological polar surface area (TPSA) is 29.0 Å². The van der Waals surface area contributed by atoms with Crippen LogP contribution in [0.25, 0.3) is 0 Å². The highest BCUT2D eigenvalue weighted by Crippen LogP contribution is 2.19. The van der Waals surface area contributed by atoms with Gasteiger partial charge < -0.3 is 0 Å². The number of thiol groups is 1. The molecule has 0 bridgehead atoms. The molecular weight excluding hydrogens is 146 g/mol. The van der Waals surface area contributed by atoms with Gasteiger partial charge in [-0.1, -0.05) is 12.8 Å². The second-order valence-electron chi connectivity index (χ2n) is 2.32. The Balaban J connectivity index is 2.42. The van der Waals surface area contributed by atoms with Crippen molar-refractivity contribution in [3.63, 3.8) is 0 Å². The number of aromatic nitrogens is 2. The summed E-state index contributed by atoms with van der Waals surface area (Å²) in [6, 6.07) is 0. The third-order valence-corrected chi connectivity index (χ3v) is 1.85. The fraction of sp³-hybridized carbons (Fsp3) is 0.333. The normalized spacial score (nSPS) is 17.3. The summed E-state index contributed by atoms with van der Waals surface area (Å²) in [6.07, 6.45) is 3.42. The molecule has 0 fully saturated rings. The van der Waals surface area contributed by atoms with Gasteiger partial charge in [-0.15, -0.1) is 0 Å².